The van der Waals surface area contributed by atoms with E-state index < -0.39 is 0 Å². The molecule has 2 aromatic rings. The number of fused-ring (bicyclic) bond motifs is 3. The van der Waals surface area contributed by atoms with E-state index >= 15 is 0 Å². The van der Waals surface area contributed by atoms with E-state index in [2.05, 4.69) is 28.7 Å². The molecule has 0 heterocycles. The third kappa shape index (κ3) is 3.12. The maximum Gasteiger partial charge on any atom is 0.120 e. The molecule has 0 fully saturated rings. The standard InChI is InChI=1S/C19H20N2O2/c1-20-11-5-6-12-23-14-9-10-16-15-7-3-4-8-17(15)19(21-22-2)18(16)13-14/h3-10,13,20H,11-12H2,1-2H3/b6-5-,21-19+. The number of hydrogen-bond donors (Lipinski definition) is 1. The Morgan fingerprint density at radius 2 is 1.78 bits per heavy atom. The third-order valence-corrected chi connectivity index (χ3v) is 3.74. The highest BCUT2D eigenvalue weighted by Gasteiger charge is 2.25. The summed E-state index contributed by atoms with van der Waals surface area (Å²) in [5.74, 6) is 0.828. The molecule has 0 saturated heterocycles. The van der Waals surface area contributed by atoms with Gasteiger partial charge < -0.3 is 14.9 Å². The predicted octanol–water partition coefficient (Wildman–Crippen LogP) is 3.22. The van der Waals surface area contributed by atoms with Crippen LogP contribution in [-0.4, -0.2) is 33.0 Å². The zero-order chi connectivity index (χ0) is 16.1. The van der Waals surface area contributed by atoms with Crippen molar-refractivity contribution < 1.29 is 9.57 Å². The Labute approximate surface area is 136 Å². The largest absolute Gasteiger partial charge is 0.490 e. The van der Waals surface area contributed by atoms with E-state index in [9.17, 15) is 0 Å². The minimum Gasteiger partial charge on any atom is -0.490 e. The van der Waals surface area contributed by atoms with Crippen LogP contribution in [0.3, 0.4) is 0 Å². The smallest absolute Gasteiger partial charge is 0.120 e. The fourth-order valence-electron chi connectivity index (χ4n) is 2.72. The normalized spacial score (nSPS) is 14.1. The average molecular weight is 308 g/mol. The van der Waals surface area contributed by atoms with E-state index in [4.69, 9.17) is 9.57 Å². The number of rotatable bonds is 6. The Hall–Kier alpha value is -2.59. The van der Waals surface area contributed by atoms with Crippen molar-refractivity contribution in [2.75, 3.05) is 27.3 Å². The highest BCUT2D eigenvalue weighted by Crippen LogP contribution is 2.38. The Kier molecular flexibility index (Phi) is 4.74. The molecule has 1 aliphatic carbocycles. The molecule has 1 N–H and O–H groups in total. The maximum absolute atomic E-state index is 5.79. The first-order chi connectivity index (χ1) is 11.3. The molecule has 0 unspecified atom stereocenters. The number of ether oxygens (including phenoxy) is 1. The lowest BCUT2D eigenvalue weighted by molar-refractivity contribution is 0.214. The van der Waals surface area contributed by atoms with Gasteiger partial charge in [0.1, 0.15) is 25.2 Å². The molecule has 1 aliphatic rings. The van der Waals surface area contributed by atoms with Crippen LogP contribution >= 0.6 is 0 Å². The molecule has 118 valence electrons. The van der Waals surface area contributed by atoms with Gasteiger partial charge in [-0.3, -0.25) is 0 Å². The van der Waals surface area contributed by atoms with Crippen molar-refractivity contribution in [3.8, 4) is 16.9 Å². The molecule has 0 radical (unpaired) electrons. The summed E-state index contributed by atoms with van der Waals surface area (Å²) in [6, 6.07) is 14.3. The van der Waals surface area contributed by atoms with Gasteiger partial charge in [0.05, 0.1) is 0 Å². The topological polar surface area (TPSA) is 42.8 Å². The van der Waals surface area contributed by atoms with Crippen LogP contribution in [0, 0.1) is 0 Å². The van der Waals surface area contributed by atoms with Gasteiger partial charge in [0.25, 0.3) is 0 Å². The van der Waals surface area contributed by atoms with Gasteiger partial charge in [-0.05, 0) is 36.4 Å². The zero-order valence-electron chi connectivity index (χ0n) is 13.4. The van der Waals surface area contributed by atoms with Gasteiger partial charge in [-0.1, -0.05) is 41.6 Å². The molecule has 2 aromatic carbocycles. The fourth-order valence-corrected chi connectivity index (χ4v) is 2.72. The lowest BCUT2D eigenvalue weighted by Gasteiger charge is -2.06. The van der Waals surface area contributed by atoms with E-state index in [1.54, 1.807) is 7.11 Å². The summed E-state index contributed by atoms with van der Waals surface area (Å²) in [6.45, 7) is 1.39. The van der Waals surface area contributed by atoms with Crippen molar-refractivity contribution in [1.29, 1.82) is 0 Å². The Morgan fingerprint density at radius 1 is 1.00 bits per heavy atom. The van der Waals surface area contributed by atoms with Crippen molar-refractivity contribution in [3.63, 3.8) is 0 Å². The van der Waals surface area contributed by atoms with Gasteiger partial charge in [0.15, 0.2) is 0 Å². The van der Waals surface area contributed by atoms with Crippen LogP contribution in [0.5, 0.6) is 5.75 Å². The van der Waals surface area contributed by atoms with Crippen molar-refractivity contribution in [2.45, 2.75) is 0 Å². The first-order valence-corrected chi connectivity index (χ1v) is 7.63. The molecule has 4 nitrogen and oxygen atoms in total. The summed E-state index contributed by atoms with van der Waals surface area (Å²) < 4.78 is 5.79. The molecular formula is C19H20N2O2. The molecule has 0 aliphatic heterocycles. The monoisotopic (exact) mass is 308 g/mol. The molecule has 23 heavy (non-hydrogen) atoms. The van der Waals surface area contributed by atoms with Crippen molar-refractivity contribution >= 4 is 5.71 Å². The van der Waals surface area contributed by atoms with Crippen LogP contribution in [0.15, 0.2) is 59.8 Å². The van der Waals surface area contributed by atoms with Crippen LogP contribution in [0.1, 0.15) is 11.1 Å². The van der Waals surface area contributed by atoms with Crippen LogP contribution in [0.25, 0.3) is 11.1 Å². The van der Waals surface area contributed by atoms with Gasteiger partial charge in [0.2, 0.25) is 0 Å². The molecule has 0 amide bonds. The Morgan fingerprint density at radius 3 is 2.57 bits per heavy atom. The number of oxime groups is 1. The second-order valence-corrected chi connectivity index (χ2v) is 5.22. The van der Waals surface area contributed by atoms with Gasteiger partial charge in [-0.15, -0.1) is 0 Å². The molecule has 0 atom stereocenters. The van der Waals surface area contributed by atoms with Gasteiger partial charge in [-0.25, -0.2) is 0 Å². The van der Waals surface area contributed by atoms with Gasteiger partial charge >= 0.3 is 0 Å². The van der Waals surface area contributed by atoms with E-state index in [1.807, 2.05) is 43.5 Å². The van der Waals surface area contributed by atoms with Crippen LogP contribution in [0.4, 0.5) is 0 Å². The van der Waals surface area contributed by atoms with E-state index in [1.165, 1.54) is 5.56 Å². The molecule has 0 bridgehead atoms. The number of benzene rings is 2. The van der Waals surface area contributed by atoms with E-state index in [0.717, 1.165) is 34.7 Å². The van der Waals surface area contributed by atoms with Gasteiger partial charge in [0, 0.05) is 17.7 Å². The molecule has 0 spiro atoms. The first kappa shape index (κ1) is 15.3. The second-order valence-electron chi connectivity index (χ2n) is 5.22. The second kappa shape index (κ2) is 7.11. The molecular weight excluding hydrogens is 288 g/mol. The lowest BCUT2D eigenvalue weighted by Crippen LogP contribution is -2.05. The van der Waals surface area contributed by atoms with Crippen LogP contribution < -0.4 is 10.1 Å². The SMILES string of the molecule is CNC/C=C\COc1ccc2c(c1)/C(=N/OC)c1ccccc1-2. The molecule has 0 saturated carbocycles. The highest BCUT2D eigenvalue weighted by molar-refractivity contribution is 6.24. The summed E-state index contributed by atoms with van der Waals surface area (Å²) >= 11 is 0. The number of hydrogen-bond acceptors (Lipinski definition) is 4. The summed E-state index contributed by atoms with van der Waals surface area (Å²) in [4.78, 5) is 5.03. The van der Waals surface area contributed by atoms with E-state index in [-0.39, 0.29) is 0 Å². The molecule has 3 rings (SSSR count). The Balaban J connectivity index is 1.87. The summed E-state index contributed by atoms with van der Waals surface area (Å²) in [5, 5.41) is 7.27. The average Bonchev–Trinajstić information content (AvgIpc) is 2.89. The summed E-state index contributed by atoms with van der Waals surface area (Å²) in [7, 11) is 3.49. The van der Waals surface area contributed by atoms with Crippen LogP contribution in [0.2, 0.25) is 0 Å². The minimum absolute atomic E-state index is 0.546. The maximum atomic E-state index is 5.79. The number of likely N-dealkylation sites (N-methyl/N-ethyl adjacent to an activating group) is 1. The first-order valence-electron chi connectivity index (χ1n) is 7.63. The third-order valence-electron chi connectivity index (χ3n) is 3.74. The zero-order valence-corrected chi connectivity index (χ0v) is 13.4. The minimum atomic E-state index is 0.546. The lowest BCUT2D eigenvalue weighted by atomic mass is 10.1. The molecule has 4 heteroatoms. The molecule has 0 aromatic heterocycles. The summed E-state index contributed by atoms with van der Waals surface area (Å²) in [5.41, 5.74) is 5.34. The number of nitrogens with one attached hydrogen (secondary N) is 1. The Bertz CT molecular complexity index is 751. The number of nitrogens with zero attached hydrogens (tertiary/aromatic N) is 1. The summed E-state index contributed by atoms with van der Waals surface area (Å²) in [6.07, 6.45) is 4.05. The van der Waals surface area contributed by atoms with E-state index in [0.29, 0.717) is 6.61 Å². The quantitative estimate of drug-likeness (QED) is 0.561. The van der Waals surface area contributed by atoms with Crippen molar-refractivity contribution in [2.24, 2.45) is 5.16 Å². The van der Waals surface area contributed by atoms with Gasteiger partial charge in [-0.2, -0.15) is 0 Å². The van der Waals surface area contributed by atoms with Crippen molar-refractivity contribution in [1.82, 2.24) is 5.32 Å². The predicted molar refractivity (Wildman–Crippen MR) is 93.1 cm³/mol. The highest BCUT2D eigenvalue weighted by atomic mass is 16.6. The van der Waals surface area contributed by atoms with Crippen molar-refractivity contribution in [3.05, 3.63) is 65.7 Å². The fraction of sp³-hybridized carbons (Fsp3) is 0.211. The van der Waals surface area contributed by atoms with Crippen LogP contribution in [-0.2, 0) is 4.84 Å².